The van der Waals surface area contributed by atoms with Gasteiger partial charge in [0, 0.05) is 18.0 Å². The van der Waals surface area contributed by atoms with E-state index in [1.165, 1.54) is 4.90 Å². The maximum atomic E-state index is 12.5. The summed E-state index contributed by atoms with van der Waals surface area (Å²) in [6, 6.07) is 20.9. The van der Waals surface area contributed by atoms with Crippen LogP contribution in [0, 0.1) is 0 Å². The van der Waals surface area contributed by atoms with Crippen LogP contribution in [0.1, 0.15) is 5.89 Å². The fourth-order valence-corrected chi connectivity index (χ4v) is 3.15. The number of likely N-dealkylation sites (N-methyl/N-ethyl adjacent to an activating group) is 1. The summed E-state index contributed by atoms with van der Waals surface area (Å²) < 4.78 is 11.0. The minimum Gasteiger partial charge on any atom is -0.483 e. The lowest BCUT2D eigenvalue weighted by Gasteiger charge is -2.16. The van der Waals surface area contributed by atoms with Gasteiger partial charge in [-0.15, -0.1) is 0 Å². The summed E-state index contributed by atoms with van der Waals surface area (Å²) in [7, 11) is 1.66. The molecule has 0 fully saturated rings. The number of carbonyl (C=O) groups is 1. The van der Waals surface area contributed by atoms with E-state index in [0.717, 1.165) is 10.8 Å². The number of rotatable bonds is 6. The number of benzene rings is 3. The van der Waals surface area contributed by atoms with Gasteiger partial charge in [0.2, 0.25) is 11.7 Å². The second-order valence-corrected chi connectivity index (χ2v) is 6.91. The maximum absolute atomic E-state index is 12.5. The van der Waals surface area contributed by atoms with Crippen molar-refractivity contribution in [2.75, 3.05) is 13.7 Å². The van der Waals surface area contributed by atoms with Gasteiger partial charge in [-0.1, -0.05) is 65.3 Å². The molecule has 0 aliphatic carbocycles. The normalized spacial score (nSPS) is 10.8. The number of hydrogen-bond acceptors (Lipinski definition) is 5. The van der Waals surface area contributed by atoms with E-state index in [2.05, 4.69) is 10.1 Å². The molecule has 0 spiro atoms. The lowest BCUT2D eigenvalue weighted by Crippen LogP contribution is -2.31. The van der Waals surface area contributed by atoms with E-state index in [9.17, 15) is 4.79 Å². The SMILES string of the molecule is CN(Cc1nc(-c2ccccc2Cl)no1)C(=O)COc1cccc2ccccc12. The van der Waals surface area contributed by atoms with Crippen molar-refractivity contribution >= 4 is 28.3 Å². The van der Waals surface area contributed by atoms with E-state index >= 15 is 0 Å². The average molecular weight is 408 g/mol. The second-order valence-electron chi connectivity index (χ2n) is 6.51. The highest BCUT2D eigenvalue weighted by molar-refractivity contribution is 6.33. The summed E-state index contributed by atoms with van der Waals surface area (Å²) in [5.74, 6) is 1.18. The Hall–Kier alpha value is -3.38. The van der Waals surface area contributed by atoms with Gasteiger partial charge in [-0.3, -0.25) is 4.79 Å². The van der Waals surface area contributed by atoms with Gasteiger partial charge < -0.3 is 14.2 Å². The smallest absolute Gasteiger partial charge is 0.260 e. The van der Waals surface area contributed by atoms with Crippen molar-refractivity contribution < 1.29 is 14.1 Å². The van der Waals surface area contributed by atoms with Crippen molar-refractivity contribution in [3.63, 3.8) is 0 Å². The molecule has 3 aromatic carbocycles. The molecule has 0 saturated heterocycles. The van der Waals surface area contributed by atoms with Crippen LogP contribution in [0.3, 0.4) is 0 Å². The predicted octanol–water partition coefficient (Wildman–Crippen LogP) is 4.58. The molecule has 0 aliphatic heterocycles. The topological polar surface area (TPSA) is 68.5 Å². The Morgan fingerprint density at radius 1 is 1.07 bits per heavy atom. The third kappa shape index (κ3) is 4.22. The van der Waals surface area contributed by atoms with Crippen LogP contribution in [0.25, 0.3) is 22.2 Å². The summed E-state index contributed by atoms with van der Waals surface area (Å²) in [6.45, 7) is 0.0885. The highest BCUT2D eigenvalue weighted by atomic mass is 35.5. The van der Waals surface area contributed by atoms with Gasteiger partial charge in [0.25, 0.3) is 5.91 Å². The zero-order valence-electron chi connectivity index (χ0n) is 15.7. The number of hydrogen-bond donors (Lipinski definition) is 0. The van der Waals surface area contributed by atoms with Gasteiger partial charge in [-0.2, -0.15) is 4.98 Å². The summed E-state index contributed by atoms with van der Waals surface area (Å²) >= 11 is 6.16. The zero-order chi connectivity index (χ0) is 20.2. The van der Waals surface area contributed by atoms with Crippen LogP contribution in [0.5, 0.6) is 5.75 Å². The Bertz CT molecular complexity index is 1150. The number of aromatic nitrogens is 2. The molecule has 1 aromatic heterocycles. The van der Waals surface area contributed by atoms with Crippen molar-refractivity contribution in [3.05, 3.63) is 77.6 Å². The highest BCUT2D eigenvalue weighted by Crippen LogP contribution is 2.26. The Kier molecular flexibility index (Phi) is 5.44. The third-order valence-electron chi connectivity index (χ3n) is 4.48. The van der Waals surface area contributed by atoms with Crippen molar-refractivity contribution in [1.82, 2.24) is 15.0 Å². The number of fused-ring (bicyclic) bond motifs is 1. The van der Waals surface area contributed by atoms with E-state index in [1.807, 2.05) is 60.7 Å². The minimum absolute atomic E-state index is 0.0873. The van der Waals surface area contributed by atoms with Crippen molar-refractivity contribution in [1.29, 1.82) is 0 Å². The Morgan fingerprint density at radius 2 is 1.83 bits per heavy atom. The summed E-state index contributed by atoms with van der Waals surface area (Å²) in [4.78, 5) is 18.3. The van der Waals surface area contributed by atoms with Crippen LogP contribution in [0.4, 0.5) is 0 Å². The average Bonchev–Trinajstić information content (AvgIpc) is 3.20. The van der Waals surface area contributed by atoms with E-state index < -0.39 is 0 Å². The molecule has 0 saturated carbocycles. The number of amides is 1. The van der Waals surface area contributed by atoms with Gasteiger partial charge in [0.15, 0.2) is 6.61 Å². The molecule has 7 heteroatoms. The predicted molar refractivity (Wildman–Crippen MR) is 111 cm³/mol. The van der Waals surface area contributed by atoms with E-state index in [1.54, 1.807) is 13.1 Å². The van der Waals surface area contributed by atoms with E-state index in [4.69, 9.17) is 20.9 Å². The first-order valence-electron chi connectivity index (χ1n) is 9.04. The molecule has 4 aromatic rings. The maximum Gasteiger partial charge on any atom is 0.260 e. The van der Waals surface area contributed by atoms with Gasteiger partial charge in [-0.25, -0.2) is 0 Å². The van der Waals surface area contributed by atoms with Crippen LogP contribution in [-0.2, 0) is 11.3 Å². The largest absolute Gasteiger partial charge is 0.483 e. The third-order valence-corrected chi connectivity index (χ3v) is 4.81. The van der Waals surface area contributed by atoms with Crippen molar-refractivity contribution in [2.24, 2.45) is 0 Å². The molecular formula is C22H18ClN3O3. The lowest BCUT2D eigenvalue weighted by molar-refractivity contribution is -0.132. The molecule has 0 bridgehead atoms. The molecule has 146 valence electrons. The standard InChI is InChI=1S/C22H18ClN3O3/c1-26(13-20-24-22(25-29-20)17-10-4-5-11-18(17)23)21(27)14-28-19-12-6-8-15-7-2-3-9-16(15)19/h2-12H,13-14H2,1H3. The Labute approximate surface area is 172 Å². The van der Waals surface area contributed by atoms with Crippen LogP contribution in [-0.4, -0.2) is 34.6 Å². The van der Waals surface area contributed by atoms with E-state index in [0.29, 0.717) is 28.1 Å². The Balaban J connectivity index is 1.39. The lowest BCUT2D eigenvalue weighted by atomic mass is 10.1. The van der Waals surface area contributed by atoms with Crippen LogP contribution < -0.4 is 4.74 Å². The number of carbonyl (C=O) groups excluding carboxylic acids is 1. The quantitative estimate of drug-likeness (QED) is 0.468. The van der Waals surface area contributed by atoms with Crippen molar-refractivity contribution in [2.45, 2.75) is 6.54 Å². The van der Waals surface area contributed by atoms with Gasteiger partial charge >= 0.3 is 0 Å². The van der Waals surface area contributed by atoms with Crippen LogP contribution >= 0.6 is 11.6 Å². The Morgan fingerprint density at radius 3 is 2.69 bits per heavy atom. The molecule has 29 heavy (non-hydrogen) atoms. The molecule has 0 radical (unpaired) electrons. The summed E-state index contributed by atoms with van der Waals surface area (Å²) in [6.07, 6.45) is 0. The molecule has 6 nitrogen and oxygen atoms in total. The molecule has 4 rings (SSSR count). The molecule has 0 N–H and O–H groups in total. The fraction of sp³-hybridized carbons (Fsp3) is 0.136. The number of ether oxygens (including phenoxy) is 1. The fourth-order valence-electron chi connectivity index (χ4n) is 2.93. The molecule has 1 amide bonds. The van der Waals surface area contributed by atoms with Gasteiger partial charge in [-0.05, 0) is 23.6 Å². The molecule has 0 aliphatic rings. The monoisotopic (exact) mass is 407 g/mol. The van der Waals surface area contributed by atoms with Crippen LogP contribution in [0.15, 0.2) is 71.3 Å². The van der Waals surface area contributed by atoms with Crippen LogP contribution in [0.2, 0.25) is 5.02 Å². The first-order chi connectivity index (χ1) is 14.1. The first-order valence-corrected chi connectivity index (χ1v) is 9.41. The number of halogens is 1. The van der Waals surface area contributed by atoms with Gasteiger partial charge in [0.1, 0.15) is 5.75 Å². The first kappa shape index (κ1) is 19.0. The number of nitrogens with zero attached hydrogens (tertiary/aromatic N) is 3. The summed E-state index contributed by atoms with van der Waals surface area (Å²) in [5, 5.41) is 6.51. The zero-order valence-corrected chi connectivity index (χ0v) is 16.5. The van der Waals surface area contributed by atoms with Crippen molar-refractivity contribution in [3.8, 4) is 17.1 Å². The molecule has 0 atom stereocenters. The highest BCUT2D eigenvalue weighted by Gasteiger charge is 2.16. The molecule has 0 unspecified atom stereocenters. The second kappa shape index (κ2) is 8.32. The molecule has 1 heterocycles. The minimum atomic E-state index is -0.199. The molecular weight excluding hydrogens is 390 g/mol. The van der Waals surface area contributed by atoms with E-state index in [-0.39, 0.29) is 19.1 Å². The summed E-state index contributed by atoms with van der Waals surface area (Å²) in [5.41, 5.74) is 0.678. The van der Waals surface area contributed by atoms with Gasteiger partial charge in [0.05, 0.1) is 11.6 Å².